The molecule has 1 heterocycles. The van der Waals surface area contributed by atoms with Crippen LogP contribution in [0.2, 0.25) is 0 Å². The van der Waals surface area contributed by atoms with Crippen molar-refractivity contribution in [1.82, 2.24) is 0 Å². The summed E-state index contributed by atoms with van der Waals surface area (Å²) in [5, 5.41) is 31.0. The molecule has 1 fully saturated rings. The maximum Gasteiger partial charge on any atom is 0.306 e. The smallest absolute Gasteiger partial charge is 0.306 e. The number of allylic oxidation sites excluding steroid dienone is 2. The standard InChI is InChI=1S/C54H102O12S/c1-3-5-7-9-11-13-15-17-19-21-22-23-24-25-27-28-30-32-34-36-38-40-42-49(55)63-44-47(45-64-54-53(59)52(58)51(57)48(66-54)46-67(60,61)62)65-50(56)43-41-39-37-35-33-31-29-26-20-18-16-14-12-10-8-6-4-2/h14,16,47-48,51-54,57-59H,3-13,15,17-46H2,1-2H3,(H,60,61,62)/b16-14+/t47-,48-,51-,52?,53?,54+/m1/s1. The molecule has 0 bridgehead atoms. The van der Waals surface area contributed by atoms with Crippen LogP contribution in [0.5, 0.6) is 0 Å². The minimum atomic E-state index is -4.60. The molecule has 0 spiro atoms. The molecule has 1 aliphatic heterocycles. The molecule has 4 N–H and O–H groups in total. The molecule has 0 aromatic rings. The fraction of sp³-hybridized carbons (Fsp3) is 0.926. The third-order valence-electron chi connectivity index (χ3n) is 13.1. The highest BCUT2D eigenvalue weighted by atomic mass is 32.2. The van der Waals surface area contributed by atoms with E-state index in [1.165, 1.54) is 186 Å². The largest absolute Gasteiger partial charge is 0.462 e. The van der Waals surface area contributed by atoms with Gasteiger partial charge in [0.1, 0.15) is 36.8 Å². The summed E-state index contributed by atoms with van der Waals surface area (Å²) in [6.07, 6.45) is 41.1. The Kier molecular flexibility index (Phi) is 42.0. The van der Waals surface area contributed by atoms with Crippen LogP contribution in [0.4, 0.5) is 0 Å². The van der Waals surface area contributed by atoms with Crippen molar-refractivity contribution < 1.29 is 56.8 Å². The van der Waals surface area contributed by atoms with Crippen molar-refractivity contribution in [2.75, 3.05) is 19.0 Å². The van der Waals surface area contributed by atoms with Gasteiger partial charge in [0.25, 0.3) is 10.1 Å². The molecule has 6 atom stereocenters. The molecule has 0 aliphatic carbocycles. The molecule has 1 rings (SSSR count). The zero-order valence-corrected chi connectivity index (χ0v) is 43.6. The Morgan fingerprint density at radius 3 is 1.25 bits per heavy atom. The molecule has 1 aliphatic rings. The normalized spacial score (nSPS) is 19.3. The van der Waals surface area contributed by atoms with Gasteiger partial charge in [-0.2, -0.15) is 8.42 Å². The second-order valence-electron chi connectivity index (χ2n) is 19.6. The van der Waals surface area contributed by atoms with E-state index >= 15 is 0 Å². The van der Waals surface area contributed by atoms with E-state index in [2.05, 4.69) is 26.0 Å². The summed E-state index contributed by atoms with van der Waals surface area (Å²) < 4.78 is 54.3. The van der Waals surface area contributed by atoms with Gasteiger partial charge >= 0.3 is 11.9 Å². The van der Waals surface area contributed by atoms with Crippen LogP contribution in [-0.2, 0) is 38.7 Å². The first kappa shape index (κ1) is 63.4. The highest BCUT2D eigenvalue weighted by Gasteiger charge is 2.46. The Hall–Kier alpha value is -1.61. The molecule has 13 heteroatoms. The van der Waals surface area contributed by atoms with Crippen molar-refractivity contribution in [2.24, 2.45) is 0 Å². The highest BCUT2D eigenvalue weighted by molar-refractivity contribution is 7.85. The van der Waals surface area contributed by atoms with Gasteiger partial charge in [0.05, 0.1) is 6.61 Å². The van der Waals surface area contributed by atoms with Crippen molar-refractivity contribution in [3.8, 4) is 0 Å². The molecule has 0 aromatic heterocycles. The van der Waals surface area contributed by atoms with Crippen LogP contribution in [-0.4, -0.2) is 96.0 Å². The lowest BCUT2D eigenvalue weighted by molar-refractivity contribution is -0.297. The predicted octanol–water partition coefficient (Wildman–Crippen LogP) is 13.0. The minimum absolute atomic E-state index is 0.167. The molecule has 1 saturated heterocycles. The van der Waals surface area contributed by atoms with Gasteiger partial charge in [-0.3, -0.25) is 14.1 Å². The Morgan fingerprint density at radius 1 is 0.493 bits per heavy atom. The van der Waals surface area contributed by atoms with Gasteiger partial charge in [-0.1, -0.05) is 225 Å². The Balaban J connectivity index is 2.31. The Morgan fingerprint density at radius 2 is 0.851 bits per heavy atom. The number of esters is 2. The summed E-state index contributed by atoms with van der Waals surface area (Å²) >= 11 is 0. The van der Waals surface area contributed by atoms with E-state index in [1.807, 2.05) is 0 Å². The lowest BCUT2D eigenvalue weighted by atomic mass is 10.00. The number of ether oxygens (including phenoxy) is 4. The first-order chi connectivity index (χ1) is 32.5. The summed E-state index contributed by atoms with van der Waals surface area (Å²) in [6.45, 7) is 3.80. The van der Waals surface area contributed by atoms with E-state index in [1.54, 1.807) is 0 Å². The van der Waals surface area contributed by atoms with Gasteiger partial charge in [-0.25, -0.2) is 0 Å². The van der Waals surface area contributed by atoms with Crippen LogP contribution >= 0.6 is 0 Å². The number of aliphatic hydroxyl groups excluding tert-OH is 3. The van der Waals surface area contributed by atoms with Crippen molar-refractivity contribution in [3.63, 3.8) is 0 Å². The summed E-state index contributed by atoms with van der Waals surface area (Å²) in [4.78, 5) is 25.6. The topological polar surface area (TPSA) is 186 Å². The van der Waals surface area contributed by atoms with Crippen molar-refractivity contribution in [1.29, 1.82) is 0 Å². The molecule has 0 aromatic carbocycles. The molecule has 0 saturated carbocycles. The number of carbonyl (C=O) groups excluding carboxylic acids is 2. The van der Waals surface area contributed by atoms with Crippen molar-refractivity contribution >= 4 is 22.1 Å². The summed E-state index contributed by atoms with van der Waals surface area (Å²) in [5.41, 5.74) is 0. The first-order valence-electron chi connectivity index (χ1n) is 27.7. The maximum atomic E-state index is 12.9. The molecular weight excluding hydrogens is 873 g/mol. The third kappa shape index (κ3) is 38.8. The molecule has 0 radical (unpaired) electrons. The second kappa shape index (κ2) is 44.3. The van der Waals surface area contributed by atoms with Gasteiger partial charge in [-0.15, -0.1) is 0 Å². The van der Waals surface area contributed by atoms with E-state index in [0.717, 1.165) is 38.5 Å². The van der Waals surface area contributed by atoms with Gasteiger partial charge in [0.15, 0.2) is 12.4 Å². The highest BCUT2D eigenvalue weighted by Crippen LogP contribution is 2.24. The van der Waals surface area contributed by atoms with Gasteiger partial charge in [-0.05, 0) is 38.5 Å². The van der Waals surface area contributed by atoms with E-state index in [0.29, 0.717) is 12.8 Å². The molecule has 67 heavy (non-hydrogen) atoms. The van der Waals surface area contributed by atoms with Gasteiger partial charge < -0.3 is 34.3 Å². The predicted molar refractivity (Wildman–Crippen MR) is 270 cm³/mol. The number of rotatable bonds is 48. The molecule has 2 unspecified atom stereocenters. The molecule has 12 nitrogen and oxygen atoms in total. The number of hydrogen-bond acceptors (Lipinski definition) is 11. The average Bonchev–Trinajstić information content (AvgIpc) is 3.30. The molecule has 396 valence electrons. The van der Waals surface area contributed by atoms with Crippen LogP contribution in [0.3, 0.4) is 0 Å². The molecular formula is C54H102O12S. The number of hydrogen-bond donors (Lipinski definition) is 4. The third-order valence-corrected chi connectivity index (χ3v) is 13.8. The lowest BCUT2D eigenvalue weighted by Gasteiger charge is -2.40. The monoisotopic (exact) mass is 975 g/mol. The number of unbranched alkanes of at least 4 members (excludes halogenated alkanes) is 34. The summed E-state index contributed by atoms with van der Waals surface area (Å²) in [5.74, 6) is -1.96. The fourth-order valence-corrected chi connectivity index (χ4v) is 9.48. The van der Waals surface area contributed by atoms with Crippen LogP contribution < -0.4 is 0 Å². The fourth-order valence-electron chi connectivity index (χ4n) is 8.79. The van der Waals surface area contributed by atoms with Crippen molar-refractivity contribution in [2.45, 2.75) is 301 Å². The second-order valence-corrected chi connectivity index (χ2v) is 21.1. The zero-order valence-electron chi connectivity index (χ0n) is 42.8. The van der Waals surface area contributed by atoms with Crippen LogP contribution in [0.1, 0.15) is 264 Å². The van der Waals surface area contributed by atoms with Crippen LogP contribution in [0.15, 0.2) is 12.2 Å². The Labute approximate surface area is 409 Å². The van der Waals surface area contributed by atoms with Gasteiger partial charge in [0, 0.05) is 12.8 Å². The SMILES string of the molecule is CCCCCC/C=C/CCCCCCCCCCCC(=O)O[C@H](COC(=O)CCCCCCCCCCCCCCCCCCCCCCCC)CO[C@H]1O[C@H](CS(=O)(=O)O)[C@@H](O)C(O)C1O. The Bertz CT molecular complexity index is 1280. The van der Waals surface area contributed by atoms with E-state index in [4.69, 9.17) is 18.9 Å². The first-order valence-corrected chi connectivity index (χ1v) is 29.4. The average molecular weight is 975 g/mol. The van der Waals surface area contributed by atoms with E-state index in [9.17, 15) is 37.9 Å². The van der Waals surface area contributed by atoms with Crippen molar-refractivity contribution in [3.05, 3.63) is 12.2 Å². The summed E-state index contributed by atoms with van der Waals surface area (Å²) in [7, 11) is -4.60. The summed E-state index contributed by atoms with van der Waals surface area (Å²) in [6, 6.07) is 0. The number of aliphatic hydroxyl groups is 3. The van der Waals surface area contributed by atoms with E-state index in [-0.39, 0.29) is 19.4 Å². The number of carbonyl (C=O) groups is 2. The maximum absolute atomic E-state index is 12.9. The van der Waals surface area contributed by atoms with E-state index < -0.39 is 71.2 Å². The van der Waals surface area contributed by atoms with Crippen LogP contribution in [0.25, 0.3) is 0 Å². The minimum Gasteiger partial charge on any atom is -0.462 e. The lowest BCUT2D eigenvalue weighted by Crippen LogP contribution is -2.60. The zero-order chi connectivity index (χ0) is 49.1. The quantitative estimate of drug-likeness (QED) is 0.0196. The molecule has 0 amide bonds. The van der Waals surface area contributed by atoms with Crippen LogP contribution in [0, 0.1) is 0 Å². The van der Waals surface area contributed by atoms with Gasteiger partial charge in [0.2, 0.25) is 0 Å².